The molecule has 3 rings (SSSR count). The Morgan fingerprint density at radius 2 is 1.90 bits per heavy atom. The third kappa shape index (κ3) is 1.99. The van der Waals surface area contributed by atoms with Crippen LogP contribution in [0.1, 0.15) is 0 Å². The Hall–Kier alpha value is -2.82. The van der Waals surface area contributed by atoms with Gasteiger partial charge in [-0.3, -0.25) is 4.79 Å². The molecule has 0 aliphatic heterocycles. The quantitative estimate of drug-likeness (QED) is 0.723. The number of hydrogen-bond donors (Lipinski definition) is 1. The highest BCUT2D eigenvalue weighted by Gasteiger charge is 2.09. The summed E-state index contributed by atoms with van der Waals surface area (Å²) in [5, 5.41) is 1.73. The van der Waals surface area contributed by atoms with Gasteiger partial charge in [0.05, 0.1) is 0 Å². The van der Waals surface area contributed by atoms with E-state index in [4.69, 9.17) is 10.5 Å². The number of nitrogens with zero attached hydrogens (tertiary/aromatic N) is 2. The zero-order valence-electron chi connectivity index (χ0n) is 10.9. The van der Waals surface area contributed by atoms with Crippen molar-refractivity contribution >= 4 is 16.5 Å². The predicted octanol–water partition coefficient (Wildman–Crippen LogP) is 2.31. The Morgan fingerprint density at radius 3 is 2.70 bits per heavy atom. The topological polar surface area (TPSA) is 70.1 Å². The van der Waals surface area contributed by atoms with Crippen molar-refractivity contribution in [3.05, 3.63) is 59.1 Å². The van der Waals surface area contributed by atoms with Crippen LogP contribution in [0.5, 0.6) is 11.6 Å². The van der Waals surface area contributed by atoms with Crippen molar-refractivity contribution in [1.82, 2.24) is 9.55 Å². The molecule has 0 aliphatic rings. The highest BCUT2D eigenvalue weighted by atomic mass is 16.5. The van der Waals surface area contributed by atoms with Crippen LogP contribution >= 0.6 is 0 Å². The molecule has 5 heteroatoms. The lowest BCUT2D eigenvalue weighted by Crippen LogP contribution is -2.18. The minimum absolute atomic E-state index is 0.0462. The third-order valence-electron chi connectivity index (χ3n) is 3.11. The van der Waals surface area contributed by atoms with E-state index in [1.54, 1.807) is 25.4 Å². The molecule has 2 N–H and O–H groups in total. The Labute approximate surface area is 115 Å². The van der Waals surface area contributed by atoms with E-state index >= 15 is 0 Å². The monoisotopic (exact) mass is 267 g/mol. The first-order chi connectivity index (χ1) is 9.66. The van der Waals surface area contributed by atoms with Crippen molar-refractivity contribution < 1.29 is 4.74 Å². The van der Waals surface area contributed by atoms with Gasteiger partial charge >= 0.3 is 5.56 Å². The van der Waals surface area contributed by atoms with E-state index in [-0.39, 0.29) is 11.4 Å². The number of ether oxygens (including phenoxy) is 1. The van der Waals surface area contributed by atoms with Crippen molar-refractivity contribution in [3.63, 3.8) is 0 Å². The molecule has 0 fully saturated rings. The molecule has 0 radical (unpaired) electrons. The zero-order chi connectivity index (χ0) is 14.1. The number of nitrogen functional groups attached to an aromatic ring is 1. The van der Waals surface area contributed by atoms with Gasteiger partial charge in [-0.2, -0.15) is 0 Å². The van der Waals surface area contributed by atoms with Crippen LogP contribution in [0, 0.1) is 0 Å². The Balaban J connectivity index is 2.14. The van der Waals surface area contributed by atoms with E-state index in [9.17, 15) is 4.79 Å². The lowest BCUT2D eigenvalue weighted by atomic mass is 10.1. The second kappa shape index (κ2) is 4.70. The van der Waals surface area contributed by atoms with Crippen molar-refractivity contribution in [3.8, 4) is 11.6 Å². The highest BCUT2D eigenvalue weighted by molar-refractivity contribution is 5.97. The molecular weight excluding hydrogens is 254 g/mol. The molecule has 20 heavy (non-hydrogen) atoms. The molecule has 0 amide bonds. The SMILES string of the molecule is Cn1ccnc(Oc2ccc(N)c3ccccc23)c1=O. The molecule has 0 atom stereocenters. The van der Waals surface area contributed by atoms with Gasteiger partial charge in [-0.1, -0.05) is 24.3 Å². The molecule has 0 spiro atoms. The maximum absolute atomic E-state index is 11.9. The molecular formula is C15H13N3O2. The van der Waals surface area contributed by atoms with Crippen LogP contribution in [0.15, 0.2) is 53.6 Å². The molecule has 1 aromatic heterocycles. The minimum atomic E-state index is -0.284. The van der Waals surface area contributed by atoms with E-state index in [1.807, 2.05) is 24.3 Å². The van der Waals surface area contributed by atoms with E-state index in [1.165, 1.54) is 10.8 Å². The zero-order valence-corrected chi connectivity index (χ0v) is 10.9. The number of aromatic nitrogens is 2. The number of aryl methyl sites for hydroxylation is 1. The summed E-state index contributed by atoms with van der Waals surface area (Å²) < 4.78 is 7.08. The van der Waals surface area contributed by atoms with Crippen molar-refractivity contribution in [2.75, 3.05) is 5.73 Å². The summed E-state index contributed by atoms with van der Waals surface area (Å²) in [6, 6.07) is 11.1. The second-order valence-corrected chi connectivity index (χ2v) is 4.45. The van der Waals surface area contributed by atoms with Gasteiger partial charge in [0.2, 0.25) is 0 Å². The molecule has 0 bridgehead atoms. The van der Waals surface area contributed by atoms with Crippen LogP contribution in [0.4, 0.5) is 5.69 Å². The molecule has 0 saturated heterocycles. The van der Waals surface area contributed by atoms with Gasteiger partial charge in [0.15, 0.2) is 0 Å². The summed E-state index contributed by atoms with van der Waals surface area (Å²) in [4.78, 5) is 15.9. The normalized spacial score (nSPS) is 10.7. The van der Waals surface area contributed by atoms with Crippen LogP contribution in [-0.2, 0) is 7.05 Å². The molecule has 1 heterocycles. The average molecular weight is 267 g/mol. The summed E-state index contributed by atoms with van der Waals surface area (Å²) in [7, 11) is 1.65. The average Bonchev–Trinajstić information content (AvgIpc) is 2.47. The lowest BCUT2D eigenvalue weighted by Gasteiger charge is -2.09. The van der Waals surface area contributed by atoms with E-state index in [0.717, 1.165) is 10.8 Å². The first-order valence-electron chi connectivity index (χ1n) is 6.13. The van der Waals surface area contributed by atoms with Gasteiger partial charge in [0, 0.05) is 35.9 Å². The highest BCUT2D eigenvalue weighted by Crippen LogP contribution is 2.31. The minimum Gasteiger partial charge on any atom is -0.434 e. The fourth-order valence-corrected chi connectivity index (χ4v) is 2.03. The van der Waals surface area contributed by atoms with Gasteiger partial charge < -0.3 is 15.0 Å². The third-order valence-corrected chi connectivity index (χ3v) is 3.11. The van der Waals surface area contributed by atoms with E-state index in [0.29, 0.717) is 11.4 Å². The smallest absolute Gasteiger partial charge is 0.313 e. The number of benzene rings is 2. The van der Waals surface area contributed by atoms with Gasteiger partial charge in [0.25, 0.3) is 5.88 Å². The lowest BCUT2D eigenvalue weighted by molar-refractivity contribution is 0.453. The number of anilines is 1. The number of rotatable bonds is 2. The standard InChI is InChI=1S/C15H13N3O2/c1-18-9-8-17-14(15(18)19)20-13-7-6-12(16)10-4-2-3-5-11(10)13/h2-9H,16H2,1H3. The molecule has 2 aromatic carbocycles. The van der Waals surface area contributed by atoms with Crippen LogP contribution in [0.25, 0.3) is 10.8 Å². The molecule has 0 unspecified atom stereocenters. The van der Waals surface area contributed by atoms with Crippen molar-refractivity contribution in [2.45, 2.75) is 0 Å². The summed E-state index contributed by atoms with van der Waals surface area (Å²) in [6.45, 7) is 0. The Morgan fingerprint density at radius 1 is 1.15 bits per heavy atom. The number of fused-ring (bicyclic) bond motifs is 1. The molecule has 0 saturated carbocycles. The summed E-state index contributed by atoms with van der Waals surface area (Å²) >= 11 is 0. The van der Waals surface area contributed by atoms with Gasteiger partial charge in [-0.05, 0) is 12.1 Å². The van der Waals surface area contributed by atoms with E-state index in [2.05, 4.69) is 4.98 Å². The summed E-state index contributed by atoms with van der Waals surface area (Å²) in [6.07, 6.45) is 3.10. The fourth-order valence-electron chi connectivity index (χ4n) is 2.03. The number of hydrogen-bond acceptors (Lipinski definition) is 4. The van der Waals surface area contributed by atoms with Gasteiger partial charge in [-0.15, -0.1) is 0 Å². The molecule has 5 nitrogen and oxygen atoms in total. The largest absolute Gasteiger partial charge is 0.434 e. The fraction of sp³-hybridized carbons (Fsp3) is 0.0667. The Bertz CT molecular complexity index is 840. The van der Waals surface area contributed by atoms with Crippen molar-refractivity contribution in [1.29, 1.82) is 0 Å². The van der Waals surface area contributed by atoms with Gasteiger partial charge in [0.1, 0.15) is 5.75 Å². The molecule has 3 aromatic rings. The molecule has 0 aliphatic carbocycles. The second-order valence-electron chi connectivity index (χ2n) is 4.45. The van der Waals surface area contributed by atoms with Gasteiger partial charge in [-0.25, -0.2) is 4.98 Å². The predicted molar refractivity (Wildman–Crippen MR) is 77.9 cm³/mol. The first-order valence-corrected chi connectivity index (χ1v) is 6.13. The number of nitrogens with two attached hydrogens (primary N) is 1. The first kappa shape index (κ1) is 12.2. The maximum atomic E-state index is 11.9. The molecule has 100 valence electrons. The Kier molecular flexibility index (Phi) is 2.87. The van der Waals surface area contributed by atoms with Crippen LogP contribution < -0.4 is 16.0 Å². The van der Waals surface area contributed by atoms with Crippen LogP contribution in [-0.4, -0.2) is 9.55 Å². The summed E-state index contributed by atoms with van der Waals surface area (Å²) in [5.41, 5.74) is 6.32. The van der Waals surface area contributed by atoms with Crippen LogP contribution in [0.2, 0.25) is 0 Å². The van der Waals surface area contributed by atoms with E-state index < -0.39 is 0 Å². The van der Waals surface area contributed by atoms with Crippen LogP contribution in [0.3, 0.4) is 0 Å². The maximum Gasteiger partial charge on any atom is 0.313 e. The summed E-state index contributed by atoms with van der Waals surface area (Å²) in [5.74, 6) is 0.607. The van der Waals surface area contributed by atoms with Crippen molar-refractivity contribution in [2.24, 2.45) is 7.05 Å².